The number of ether oxygens (including phenoxy) is 1. The zero-order valence-corrected chi connectivity index (χ0v) is 12.0. The van der Waals surface area contributed by atoms with E-state index in [-0.39, 0.29) is 11.8 Å². The van der Waals surface area contributed by atoms with E-state index in [2.05, 4.69) is 5.32 Å². The molecule has 0 saturated heterocycles. The molecule has 1 aromatic rings. The summed E-state index contributed by atoms with van der Waals surface area (Å²) >= 11 is 0. The van der Waals surface area contributed by atoms with E-state index in [1.54, 1.807) is 25.1 Å². The fourth-order valence-electron chi connectivity index (χ4n) is 1.61. The standard InChI is InChI=1S/C13H21NO3S/c1-4-17-10-11(3)14-12-8-6-7-9-13(12)18(15,16)5-2/h6-9,11,14H,4-5,10H2,1-3H3. The Labute approximate surface area is 109 Å². The second-order valence-corrected chi connectivity index (χ2v) is 6.35. The van der Waals surface area contributed by atoms with Crippen LogP contribution in [0.1, 0.15) is 20.8 Å². The van der Waals surface area contributed by atoms with Crippen LogP contribution in [-0.2, 0) is 14.6 Å². The largest absolute Gasteiger partial charge is 0.380 e. The molecule has 0 aliphatic rings. The first-order chi connectivity index (χ1) is 8.51. The maximum absolute atomic E-state index is 11.9. The second-order valence-electron chi connectivity index (χ2n) is 4.10. The van der Waals surface area contributed by atoms with Crippen LogP contribution < -0.4 is 5.32 Å². The lowest BCUT2D eigenvalue weighted by Gasteiger charge is -2.17. The van der Waals surface area contributed by atoms with Gasteiger partial charge in [-0.2, -0.15) is 0 Å². The fourth-order valence-corrected chi connectivity index (χ4v) is 2.67. The maximum atomic E-state index is 11.9. The summed E-state index contributed by atoms with van der Waals surface area (Å²) in [6.45, 7) is 6.75. The topological polar surface area (TPSA) is 55.4 Å². The van der Waals surface area contributed by atoms with Gasteiger partial charge in [0.1, 0.15) is 0 Å². The van der Waals surface area contributed by atoms with E-state index in [0.29, 0.717) is 23.8 Å². The summed E-state index contributed by atoms with van der Waals surface area (Å²) in [5.74, 6) is 0.103. The summed E-state index contributed by atoms with van der Waals surface area (Å²) in [7, 11) is -3.20. The lowest BCUT2D eigenvalue weighted by atomic mass is 10.3. The van der Waals surface area contributed by atoms with Gasteiger partial charge in [0.15, 0.2) is 9.84 Å². The van der Waals surface area contributed by atoms with Gasteiger partial charge in [-0.1, -0.05) is 19.1 Å². The molecule has 1 aromatic carbocycles. The van der Waals surface area contributed by atoms with E-state index in [0.717, 1.165) is 0 Å². The van der Waals surface area contributed by atoms with E-state index in [1.807, 2.05) is 19.9 Å². The SMILES string of the molecule is CCOCC(C)Nc1ccccc1S(=O)(=O)CC. The Bertz CT molecular complexity index is 471. The Hall–Kier alpha value is -1.07. The van der Waals surface area contributed by atoms with Crippen LogP contribution in [-0.4, -0.2) is 33.4 Å². The lowest BCUT2D eigenvalue weighted by molar-refractivity contribution is 0.141. The number of para-hydroxylation sites is 1. The minimum absolute atomic E-state index is 0.0677. The van der Waals surface area contributed by atoms with Crippen LogP contribution in [0.25, 0.3) is 0 Å². The summed E-state index contributed by atoms with van der Waals surface area (Å²) in [5.41, 5.74) is 0.645. The number of sulfone groups is 1. The predicted molar refractivity (Wildman–Crippen MR) is 73.7 cm³/mol. The summed E-state index contributed by atoms with van der Waals surface area (Å²) in [5, 5.41) is 3.18. The van der Waals surface area contributed by atoms with Crippen molar-refractivity contribution in [3.05, 3.63) is 24.3 Å². The molecular formula is C13H21NO3S. The molecule has 0 aliphatic carbocycles. The summed E-state index contributed by atoms with van der Waals surface area (Å²) in [4.78, 5) is 0.357. The summed E-state index contributed by atoms with van der Waals surface area (Å²) in [6.07, 6.45) is 0. The van der Waals surface area contributed by atoms with Gasteiger partial charge in [0.2, 0.25) is 0 Å². The number of nitrogens with one attached hydrogen (secondary N) is 1. The van der Waals surface area contributed by atoms with E-state index in [9.17, 15) is 8.42 Å². The highest BCUT2D eigenvalue weighted by atomic mass is 32.2. The summed E-state index contributed by atoms with van der Waals surface area (Å²) in [6, 6.07) is 7.04. The van der Waals surface area contributed by atoms with Crippen molar-refractivity contribution in [3.8, 4) is 0 Å². The molecule has 0 saturated carbocycles. The zero-order chi connectivity index (χ0) is 13.6. The Morgan fingerprint density at radius 2 is 1.94 bits per heavy atom. The molecule has 0 amide bonds. The van der Waals surface area contributed by atoms with E-state index < -0.39 is 9.84 Å². The molecule has 0 aromatic heterocycles. The molecule has 0 spiro atoms. The van der Waals surface area contributed by atoms with Gasteiger partial charge in [-0.25, -0.2) is 8.42 Å². The Kier molecular flexibility index (Phi) is 5.62. The van der Waals surface area contributed by atoms with Gasteiger partial charge in [-0.3, -0.25) is 0 Å². The molecular weight excluding hydrogens is 250 g/mol. The smallest absolute Gasteiger partial charge is 0.180 e. The molecule has 0 bridgehead atoms. The molecule has 18 heavy (non-hydrogen) atoms. The summed E-state index contributed by atoms with van der Waals surface area (Å²) < 4.78 is 29.2. The highest BCUT2D eigenvalue weighted by Gasteiger charge is 2.16. The minimum atomic E-state index is -3.20. The van der Waals surface area contributed by atoms with Gasteiger partial charge in [0.25, 0.3) is 0 Å². The van der Waals surface area contributed by atoms with Crippen molar-refractivity contribution in [2.24, 2.45) is 0 Å². The highest BCUT2D eigenvalue weighted by molar-refractivity contribution is 7.91. The van der Waals surface area contributed by atoms with Crippen LogP contribution in [0.15, 0.2) is 29.2 Å². The van der Waals surface area contributed by atoms with Gasteiger partial charge in [-0.15, -0.1) is 0 Å². The van der Waals surface area contributed by atoms with Crippen LogP contribution in [0, 0.1) is 0 Å². The van der Waals surface area contributed by atoms with Crippen LogP contribution in [0.4, 0.5) is 5.69 Å². The third-order valence-electron chi connectivity index (χ3n) is 2.58. The molecule has 0 fully saturated rings. The molecule has 1 atom stereocenters. The molecule has 1 rings (SSSR count). The van der Waals surface area contributed by atoms with Crippen LogP contribution >= 0.6 is 0 Å². The number of rotatable bonds is 7. The first kappa shape index (κ1) is 15.0. The van der Waals surface area contributed by atoms with Gasteiger partial charge in [-0.05, 0) is 26.0 Å². The molecule has 1 unspecified atom stereocenters. The molecule has 0 aliphatic heterocycles. The number of hydrogen-bond acceptors (Lipinski definition) is 4. The van der Waals surface area contributed by atoms with Gasteiger partial charge >= 0.3 is 0 Å². The normalized spacial score (nSPS) is 13.3. The van der Waals surface area contributed by atoms with Gasteiger partial charge in [0, 0.05) is 12.6 Å². The average molecular weight is 271 g/mol. The van der Waals surface area contributed by atoms with Crippen molar-refractivity contribution in [2.75, 3.05) is 24.3 Å². The highest BCUT2D eigenvalue weighted by Crippen LogP contribution is 2.22. The van der Waals surface area contributed by atoms with Crippen LogP contribution in [0.3, 0.4) is 0 Å². The van der Waals surface area contributed by atoms with Crippen molar-refractivity contribution in [3.63, 3.8) is 0 Å². The number of hydrogen-bond donors (Lipinski definition) is 1. The first-order valence-electron chi connectivity index (χ1n) is 6.17. The predicted octanol–water partition coefficient (Wildman–Crippen LogP) is 2.32. The van der Waals surface area contributed by atoms with Crippen molar-refractivity contribution < 1.29 is 13.2 Å². The van der Waals surface area contributed by atoms with Crippen molar-refractivity contribution in [1.29, 1.82) is 0 Å². The minimum Gasteiger partial charge on any atom is -0.380 e. The molecule has 1 N–H and O–H groups in total. The molecule has 0 radical (unpaired) electrons. The van der Waals surface area contributed by atoms with Crippen molar-refractivity contribution >= 4 is 15.5 Å². The maximum Gasteiger partial charge on any atom is 0.180 e. The Morgan fingerprint density at radius 1 is 1.28 bits per heavy atom. The quantitative estimate of drug-likeness (QED) is 0.827. The number of benzene rings is 1. The second kappa shape index (κ2) is 6.75. The van der Waals surface area contributed by atoms with Crippen LogP contribution in [0.5, 0.6) is 0 Å². The van der Waals surface area contributed by atoms with Gasteiger partial charge < -0.3 is 10.1 Å². The Balaban J connectivity index is 2.90. The van der Waals surface area contributed by atoms with Gasteiger partial charge in [0.05, 0.1) is 22.9 Å². The fraction of sp³-hybridized carbons (Fsp3) is 0.538. The lowest BCUT2D eigenvalue weighted by Crippen LogP contribution is -2.23. The van der Waals surface area contributed by atoms with E-state index in [4.69, 9.17) is 4.74 Å². The third kappa shape index (κ3) is 3.99. The number of anilines is 1. The third-order valence-corrected chi connectivity index (χ3v) is 4.36. The monoisotopic (exact) mass is 271 g/mol. The molecule has 0 heterocycles. The molecule has 5 heteroatoms. The van der Waals surface area contributed by atoms with E-state index >= 15 is 0 Å². The van der Waals surface area contributed by atoms with Crippen molar-refractivity contribution in [2.45, 2.75) is 31.7 Å². The van der Waals surface area contributed by atoms with Crippen molar-refractivity contribution in [1.82, 2.24) is 0 Å². The molecule has 102 valence electrons. The molecule has 4 nitrogen and oxygen atoms in total. The average Bonchev–Trinajstić information content (AvgIpc) is 2.37. The first-order valence-corrected chi connectivity index (χ1v) is 7.82. The zero-order valence-electron chi connectivity index (χ0n) is 11.1. The van der Waals surface area contributed by atoms with Crippen LogP contribution in [0.2, 0.25) is 0 Å². The Morgan fingerprint density at radius 3 is 2.56 bits per heavy atom. The van der Waals surface area contributed by atoms with E-state index in [1.165, 1.54) is 0 Å².